The van der Waals surface area contributed by atoms with Crippen molar-refractivity contribution in [1.82, 2.24) is 0 Å². The molecular formula is C16H26O2. The van der Waals surface area contributed by atoms with Crippen LogP contribution in [0.1, 0.15) is 50.0 Å². The molecule has 0 saturated carbocycles. The molecule has 0 amide bonds. The number of rotatable bonds is 6. The van der Waals surface area contributed by atoms with Crippen LogP contribution in [-0.4, -0.2) is 17.8 Å². The van der Waals surface area contributed by atoms with Crippen molar-refractivity contribution >= 4 is 0 Å². The van der Waals surface area contributed by atoms with E-state index >= 15 is 0 Å². The van der Waals surface area contributed by atoms with Crippen LogP contribution in [0.2, 0.25) is 0 Å². The fourth-order valence-electron chi connectivity index (χ4n) is 2.29. The van der Waals surface area contributed by atoms with Crippen LogP contribution in [0.3, 0.4) is 0 Å². The SMILES string of the molecule is Cc1cc(C)cc(C(O)COC(C)CC(C)C)c1. The van der Waals surface area contributed by atoms with Crippen LogP contribution in [0.4, 0.5) is 0 Å². The predicted octanol–water partition coefficient (Wildman–Crippen LogP) is 3.79. The van der Waals surface area contributed by atoms with Crippen molar-refractivity contribution in [2.45, 2.75) is 53.2 Å². The Bertz CT molecular complexity index is 351. The first-order valence-corrected chi connectivity index (χ1v) is 6.76. The Morgan fingerprint density at radius 1 is 1.06 bits per heavy atom. The van der Waals surface area contributed by atoms with E-state index in [2.05, 4.69) is 26.8 Å². The van der Waals surface area contributed by atoms with E-state index < -0.39 is 6.10 Å². The largest absolute Gasteiger partial charge is 0.386 e. The summed E-state index contributed by atoms with van der Waals surface area (Å²) in [6, 6.07) is 6.15. The standard InChI is InChI=1S/C16H26O2/c1-11(2)6-14(5)18-10-16(17)15-8-12(3)7-13(4)9-15/h7-9,11,14,16-17H,6,10H2,1-5H3. The van der Waals surface area contributed by atoms with Gasteiger partial charge in [0.25, 0.3) is 0 Å². The van der Waals surface area contributed by atoms with Crippen molar-refractivity contribution in [1.29, 1.82) is 0 Å². The maximum atomic E-state index is 10.1. The fraction of sp³-hybridized carbons (Fsp3) is 0.625. The minimum Gasteiger partial charge on any atom is -0.386 e. The van der Waals surface area contributed by atoms with Crippen molar-refractivity contribution in [2.24, 2.45) is 5.92 Å². The number of ether oxygens (including phenoxy) is 1. The Kier molecular flexibility index (Phi) is 5.83. The Morgan fingerprint density at radius 3 is 2.11 bits per heavy atom. The number of aliphatic hydroxyl groups is 1. The molecule has 2 unspecified atom stereocenters. The Labute approximate surface area is 111 Å². The number of hydrogen-bond donors (Lipinski definition) is 1. The molecule has 1 rings (SSSR count). The molecule has 0 aliphatic heterocycles. The van der Waals surface area contributed by atoms with Crippen LogP contribution < -0.4 is 0 Å². The summed E-state index contributed by atoms with van der Waals surface area (Å²) in [5.41, 5.74) is 3.31. The van der Waals surface area contributed by atoms with E-state index in [-0.39, 0.29) is 6.10 Å². The molecule has 0 bridgehead atoms. The summed E-state index contributed by atoms with van der Waals surface area (Å²) in [4.78, 5) is 0. The minimum atomic E-state index is -0.529. The lowest BCUT2D eigenvalue weighted by molar-refractivity contribution is -0.0101. The molecule has 0 aromatic heterocycles. The summed E-state index contributed by atoms with van der Waals surface area (Å²) in [7, 11) is 0. The zero-order chi connectivity index (χ0) is 13.7. The summed E-state index contributed by atoms with van der Waals surface area (Å²) >= 11 is 0. The molecule has 2 atom stereocenters. The summed E-state index contributed by atoms with van der Waals surface area (Å²) in [6.07, 6.45) is 0.698. The molecule has 0 heterocycles. The van der Waals surface area contributed by atoms with Gasteiger partial charge < -0.3 is 9.84 Å². The van der Waals surface area contributed by atoms with Gasteiger partial charge in [0.05, 0.1) is 12.7 Å². The van der Waals surface area contributed by atoms with Crippen molar-refractivity contribution < 1.29 is 9.84 Å². The van der Waals surface area contributed by atoms with Gasteiger partial charge in [0.1, 0.15) is 6.10 Å². The summed E-state index contributed by atoms with van der Waals surface area (Å²) in [5.74, 6) is 0.623. The molecule has 18 heavy (non-hydrogen) atoms. The van der Waals surface area contributed by atoms with Crippen LogP contribution in [0, 0.1) is 19.8 Å². The predicted molar refractivity (Wildman–Crippen MR) is 75.7 cm³/mol. The van der Waals surface area contributed by atoms with Crippen LogP contribution in [0.15, 0.2) is 18.2 Å². The third-order valence-corrected chi connectivity index (χ3v) is 2.97. The van der Waals surface area contributed by atoms with Crippen molar-refractivity contribution in [2.75, 3.05) is 6.61 Å². The van der Waals surface area contributed by atoms with E-state index in [1.807, 2.05) is 26.0 Å². The summed E-state index contributed by atoms with van der Waals surface area (Å²) in [5, 5.41) is 10.1. The highest BCUT2D eigenvalue weighted by Crippen LogP contribution is 2.18. The second-order valence-corrected chi connectivity index (χ2v) is 5.71. The molecular weight excluding hydrogens is 224 g/mol. The van der Waals surface area contributed by atoms with Gasteiger partial charge in [-0.05, 0) is 38.7 Å². The fourth-order valence-corrected chi connectivity index (χ4v) is 2.29. The highest BCUT2D eigenvalue weighted by molar-refractivity contribution is 5.29. The smallest absolute Gasteiger partial charge is 0.102 e. The van der Waals surface area contributed by atoms with Crippen molar-refractivity contribution in [3.05, 3.63) is 34.9 Å². The zero-order valence-corrected chi connectivity index (χ0v) is 12.2. The first-order valence-electron chi connectivity index (χ1n) is 6.76. The van der Waals surface area contributed by atoms with Gasteiger partial charge in [0.15, 0.2) is 0 Å². The van der Waals surface area contributed by atoms with Gasteiger partial charge in [-0.25, -0.2) is 0 Å². The third kappa shape index (κ3) is 5.19. The van der Waals surface area contributed by atoms with Gasteiger partial charge in [-0.1, -0.05) is 43.2 Å². The van der Waals surface area contributed by atoms with Gasteiger partial charge in [-0.15, -0.1) is 0 Å². The van der Waals surface area contributed by atoms with E-state index in [4.69, 9.17) is 4.74 Å². The van der Waals surface area contributed by atoms with Gasteiger partial charge >= 0.3 is 0 Å². The molecule has 2 nitrogen and oxygen atoms in total. The van der Waals surface area contributed by atoms with Gasteiger partial charge in [-0.3, -0.25) is 0 Å². The van der Waals surface area contributed by atoms with E-state index in [1.165, 1.54) is 11.1 Å². The first kappa shape index (κ1) is 15.2. The van der Waals surface area contributed by atoms with E-state index in [9.17, 15) is 5.11 Å². The molecule has 0 aliphatic rings. The van der Waals surface area contributed by atoms with Crippen LogP contribution in [0.25, 0.3) is 0 Å². The van der Waals surface area contributed by atoms with Crippen molar-refractivity contribution in [3.63, 3.8) is 0 Å². The maximum absolute atomic E-state index is 10.1. The molecule has 102 valence electrons. The number of aliphatic hydroxyl groups excluding tert-OH is 1. The number of aryl methyl sites for hydroxylation is 2. The lowest BCUT2D eigenvalue weighted by Gasteiger charge is -2.18. The highest BCUT2D eigenvalue weighted by atomic mass is 16.5. The second-order valence-electron chi connectivity index (χ2n) is 5.71. The average Bonchev–Trinajstić information content (AvgIpc) is 2.23. The van der Waals surface area contributed by atoms with E-state index in [0.29, 0.717) is 12.5 Å². The third-order valence-electron chi connectivity index (χ3n) is 2.97. The molecule has 0 saturated heterocycles. The Hall–Kier alpha value is -0.860. The van der Waals surface area contributed by atoms with Crippen molar-refractivity contribution in [3.8, 4) is 0 Å². The van der Waals surface area contributed by atoms with Gasteiger partial charge in [-0.2, -0.15) is 0 Å². The molecule has 0 radical (unpaired) electrons. The molecule has 1 N–H and O–H groups in total. The zero-order valence-electron chi connectivity index (χ0n) is 12.2. The monoisotopic (exact) mass is 250 g/mol. The molecule has 0 aliphatic carbocycles. The Balaban J connectivity index is 2.52. The van der Waals surface area contributed by atoms with E-state index in [1.54, 1.807) is 0 Å². The topological polar surface area (TPSA) is 29.5 Å². The summed E-state index contributed by atoms with van der Waals surface area (Å²) in [6.45, 7) is 10.9. The van der Waals surface area contributed by atoms with Gasteiger partial charge in [0.2, 0.25) is 0 Å². The molecule has 1 aromatic carbocycles. The first-order chi connectivity index (χ1) is 8.38. The number of hydrogen-bond acceptors (Lipinski definition) is 2. The molecule has 0 spiro atoms. The second kappa shape index (κ2) is 6.91. The number of benzene rings is 1. The lowest BCUT2D eigenvalue weighted by atomic mass is 10.0. The van der Waals surface area contributed by atoms with E-state index in [0.717, 1.165) is 12.0 Å². The highest BCUT2D eigenvalue weighted by Gasteiger charge is 2.12. The summed E-state index contributed by atoms with van der Waals surface area (Å²) < 4.78 is 5.70. The molecule has 2 heteroatoms. The van der Waals surface area contributed by atoms with Crippen LogP contribution >= 0.6 is 0 Å². The normalized spacial score (nSPS) is 14.8. The Morgan fingerprint density at radius 2 is 1.61 bits per heavy atom. The average molecular weight is 250 g/mol. The molecule has 1 aromatic rings. The van der Waals surface area contributed by atoms with Crippen LogP contribution in [0.5, 0.6) is 0 Å². The van der Waals surface area contributed by atoms with Crippen LogP contribution in [-0.2, 0) is 4.74 Å². The maximum Gasteiger partial charge on any atom is 0.102 e. The minimum absolute atomic E-state index is 0.200. The molecule has 0 fully saturated rings. The lowest BCUT2D eigenvalue weighted by Crippen LogP contribution is -2.16. The van der Waals surface area contributed by atoms with Gasteiger partial charge in [0, 0.05) is 0 Å². The quantitative estimate of drug-likeness (QED) is 0.832.